The largest absolute Gasteiger partial charge is 0.458 e. The van der Waals surface area contributed by atoms with Gasteiger partial charge in [-0.2, -0.15) is 3.89 Å². The highest BCUT2D eigenvalue weighted by Gasteiger charge is 2.26. The predicted octanol–water partition coefficient (Wildman–Crippen LogP) is 6.22. The van der Waals surface area contributed by atoms with Gasteiger partial charge in [0, 0.05) is 27.8 Å². The summed E-state index contributed by atoms with van der Waals surface area (Å²) in [6.45, 7) is 4.04. The van der Waals surface area contributed by atoms with Crippen molar-refractivity contribution >= 4 is 35.1 Å². The number of rotatable bonds is 5. The van der Waals surface area contributed by atoms with E-state index in [9.17, 15) is 18.2 Å². The van der Waals surface area contributed by atoms with E-state index in [4.69, 9.17) is 9.72 Å². The SMILES string of the molecule is CC(C)c1nc2ccc(F)cc2c(-c2ccc(SF)cc2)c1/C=C/[C@@H]1C[C@@H](O)CC(=O)O1. The van der Waals surface area contributed by atoms with E-state index in [1.807, 2.05) is 19.9 Å². The normalized spacial score (nSPS) is 19.1. The molecule has 0 bridgehead atoms. The summed E-state index contributed by atoms with van der Waals surface area (Å²) in [5.41, 5.74) is 3.80. The fraction of sp³-hybridized carbons (Fsp3) is 0.280. The second-order valence-corrected chi connectivity index (χ2v) is 8.81. The molecule has 0 radical (unpaired) electrons. The first-order valence-electron chi connectivity index (χ1n) is 10.4. The molecule has 0 unspecified atom stereocenters. The van der Waals surface area contributed by atoms with Gasteiger partial charge in [0.15, 0.2) is 0 Å². The standard InChI is InChI=1S/C25H23F2NO3S/c1-14(2)25-20(9-6-18-12-17(29)13-23(30)31-18)24(15-3-7-19(32-27)8-4-15)21-11-16(26)5-10-22(21)28-25/h3-11,14,17-18,29H,12-13H2,1-2H3/b9-6+/t17-,18-/m1/s1. The Balaban J connectivity index is 1.93. The average molecular weight is 456 g/mol. The molecule has 1 saturated heterocycles. The summed E-state index contributed by atoms with van der Waals surface area (Å²) in [4.78, 5) is 17.0. The van der Waals surface area contributed by atoms with Gasteiger partial charge >= 0.3 is 5.97 Å². The van der Waals surface area contributed by atoms with Gasteiger partial charge in [-0.05, 0) is 47.9 Å². The molecule has 4 nitrogen and oxygen atoms in total. The van der Waals surface area contributed by atoms with E-state index in [1.54, 1.807) is 36.4 Å². The van der Waals surface area contributed by atoms with E-state index in [0.29, 0.717) is 22.2 Å². The Morgan fingerprint density at radius 2 is 1.97 bits per heavy atom. The number of hydrogen-bond donors (Lipinski definition) is 1. The topological polar surface area (TPSA) is 59.4 Å². The lowest BCUT2D eigenvalue weighted by molar-refractivity contribution is -0.156. The average Bonchev–Trinajstić information content (AvgIpc) is 2.76. The van der Waals surface area contributed by atoms with Crippen LogP contribution in [0.3, 0.4) is 0 Å². The number of aliphatic hydroxyl groups is 1. The number of benzene rings is 2. The number of carbonyl (C=O) groups excluding carboxylic acids is 1. The van der Waals surface area contributed by atoms with Gasteiger partial charge in [0.2, 0.25) is 0 Å². The Bertz CT molecular complexity index is 1180. The van der Waals surface area contributed by atoms with Gasteiger partial charge in [-0.1, -0.05) is 32.1 Å². The minimum Gasteiger partial charge on any atom is -0.458 e. The third-order valence-electron chi connectivity index (χ3n) is 5.46. The third-order valence-corrected chi connectivity index (χ3v) is 5.91. The molecule has 1 fully saturated rings. The van der Waals surface area contributed by atoms with Crippen LogP contribution in [0, 0.1) is 5.82 Å². The van der Waals surface area contributed by atoms with Crippen molar-refractivity contribution < 1.29 is 22.9 Å². The molecular weight excluding hydrogens is 432 g/mol. The van der Waals surface area contributed by atoms with Crippen LogP contribution >= 0.6 is 12.1 Å². The van der Waals surface area contributed by atoms with E-state index < -0.39 is 18.2 Å². The first-order valence-corrected chi connectivity index (χ1v) is 11.2. The Labute approximate surface area is 189 Å². The number of nitrogens with zero attached hydrogens (tertiary/aromatic N) is 1. The van der Waals surface area contributed by atoms with Gasteiger partial charge in [-0.25, -0.2) is 4.39 Å². The molecule has 1 aromatic heterocycles. The zero-order chi connectivity index (χ0) is 22.8. The molecule has 2 aromatic carbocycles. The van der Waals surface area contributed by atoms with Crippen molar-refractivity contribution in [3.8, 4) is 11.1 Å². The Morgan fingerprint density at radius 3 is 2.62 bits per heavy atom. The van der Waals surface area contributed by atoms with Crippen molar-refractivity contribution in [1.82, 2.24) is 4.98 Å². The maximum absolute atomic E-state index is 14.2. The minimum atomic E-state index is -0.746. The molecule has 0 aliphatic carbocycles. The summed E-state index contributed by atoms with van der Waals surface area (Å²) in [7, 11) is 0. The number of halogens is 2. The first-order chi connectivity index (χ1) is 15.4. The summed E-state index contributed by atoms with van der Waals surface area (Å²) in [5, 5.41) is 10.6. The maximum atomic E-state index is 14.2. The minimum absolute atomic E-state index is 0.0113. The maximum Gasteiger partial charge on any atom is 0.309 e. The van der Waals surface area contributed by atoms with Crippen LogP contribution in [-0.4, -0.2) is 28.3 Å². The van der Waals surface area contributed by atoms with Gasteiger partial charge in [-0.15, -0.1) is 0 Å². The molecule has 3 aromatic rings. The highest BCUT2D eigenvalue weighted by atomic mass is 32.2. The zero-order valence-corrected chi connectivity index (χ0v) is 18.5. The number of carbonyl (C=O) groups is 1. The van der Waals surface area contributed by atoms with E-state index in [2.05, 4.69) is 0 Å². The summed E-state index contributed by atoms with van der Waals surface area (Å²) < 4.78 is 32.6. The fourth-order valence-electron chi connectivity index (χ4n) is 3.99. The van der Waals surface area contributed by atoms with Gasteiger partial charge in [0.1, 0.15) is 11.9 Å². The Hall–Kier alpha value is -2.77. The van der Waals surface area contributed by atoms with Crippen molar-refractivity contribution in [2.24, 2.45) is 0 Å². The number of fused-ring (bicyclic) bond motifs is 1. The number of ether oxygens (including phenoxy) is 1. The lowest BCUT2D eigenvalue weighted by Gasteiger charge is -2.24. The van der Waals surface area contributed by atoms with Crippen molar-refractivity contribution in [1.29, 1.82) is 0 Å². The van der Waals surface area contributed by atoms with Gasteiger partial charge < -0.3 is 9.84 Å². The molecule has 2 atom stereocenters. The van der Waals surface area contributed by atoms with Crippen molar-refractivity contribution in [3.05, 3.63) is 65.6 Å². The summed E-state index contributed by atoms with van der Waals surface area (Å²) in [6, 6.07) is 11.4. The van der Waals surface area contributed by atoms with Gasteiger partial charge in [-0.3, -0.25) is 9.78 Å². The number of aromatic nitrogens is 1. The molecule has 166 valence electrons. The van der Waals surface area contributed by atoms with Crippen LogP contribution in [0.25, 0.3) is 28.1 Å². The van der Waals surface area contributed by atoms with Crippen LogP contribution in [0.1, 0.15) is 43.9 Å². The lowest BCUT2D eigenvalue weighted by Crippen LogP contribution is -2.31. The molecule has 1 N–H and O–H groups in total. The number of aliphatic hydroxyl groups excluding tert-OH is 1. The number of cyclic esters (lactones) is 1. The molecule has 32 heavy (non-hydrogen) atoms. The van der Waals surface area contributed by atoms with Crippen molar-refractivity contribution in [2.75, 3.05) is 0 Å². The van der Waals surface area contributed by atoms with E-state index in [1.165, 1.54) is 12.1 Å². The second kappa shape index (κ2) is 9.38. The summed E-state index contributed by atoms with van der Waals surface area (Å²) >= 11 is 0.162. The third kappa shape index (κ3) is 4.69. The van der Waals surface area contributed by atoms with Crippen molar-refractivity contribution in [2.45, 2.75) is 49.7 Å². The summed E-state index contributed by atoms with van der Waals surface area (Å²) in [6.07, 6.45) is 2.56. The van der Waals surface area contributed by atoms with Crippen LogP contribution in [-0.2, 0) is 9.53 Å². The molecule has 1 aliphatic heterocycles. The Morgan fingerprint density at radius 1 is 1.22 bits per heavy atom. The lowest BCUT2D eigenvalue weighted by atomic mass is 9.90. The first kappa shape index (κ1) is 22.4. The van der Waals surface area contributed by atoms with Crippen LogP contribution in [0.2, 0.25) is 0 Å². The molecule has 0 spiro atoms. The molecule has 0 saturated carbocycles. The molecule has 0 amide bonds. The summed E-state index contributed by atoms with van der Waals surface area (Å²) in [5.74, 6) is -0.767. The highest BCUT2D eigenvalue weighted by molar-refractivity contribution is 7.94. The predicted molar refractivity (Wildman–Crippen MR) is 122 cm³/mol. The van der Waals surface area contributed by atoms with E-state index in [0.717, 1.165) is 22.4 Å². The molecular formula is C25H23F2NO3S. The fourth-order valence-corrected chi connectivity index (χ4v) is 4.23. The van der Waals surface area contributed by atoms with E-state index in [-0.39, 0.29) is 30.3 Å². The Kier molecular flexibility index (Phi) is 6.58. The number of esters is 1. The number of hydrogen-bond acceptors (Lipinski definition) is 5. The van der Waals surface area contributed by atoms with Gasteiger partial charge in [0.05, 0.1) is 35.9 Å². The second-order valence-electron chi connectivity index (χ2n) is 8.18. The van der Waals surface area contributed by atoms with E-state index >= 15 is 0 Å². The van der Waals surface area contributed by atoms with Crippen LogP contribution in [0.5, 0.6) is 0 Å². The zero-order valence-electron chi connectivity index (χ0n) is 17.7. The molecule has 1 aliphatic rings. The van der Waals surface area contributed by atoms with Crippen LogP contribution in [0.4, 0.5) is 8.28 Å². The number of pyridine rings is 1. The van der Waals surface area contributed by atoms with Crippen LogP contribution in [0.15, 0.2) is 53.4 Å². The monoisotopic (exact) mass is 455 g/mol. The van der Waals surface area contributed by atoms with Gasteiger partial charge in [0.25, 0.3) is 0 Å². The molecule has 7 heteroatoms. The molecule has 2 heterocycles. The quantitative estimate of drug-likeness (QED) is 0.463. The van der Waals surface area contributed by atoms with Crippen molar-refractivity contribution in [3.63, 3.8) is 0 Å². The smallest absolute Gasteiger partial charge is 0.309 e. The van der Waals surface area contributed by atoms with Crippen LogP contribution < -0.4 is 0 Å². The highest BCUT2D eigenvalue weighted by Crippen LogP contribution is 2.38. The molecule has 4 rings (SSSR count).